The van der Waals surface area contributed by atoms with E-state index in [9.17, 15) is 91.6 Å². The highest BCUT2D eigenvalue weighted by atomic mass is 16.8. The smallest absolute Gasteiger partial charge is 0.317 e. The number of fused-ring (bicyclic) bond motifs is 7. The summed E-state index contributed by atoms with van der Waals surface area (Å²) >= 11 is 0. The Kier molecular flexibility index (Phi) is 21.3. The lowest BCUT2D eigenvalue weighted by atomic mass is 9.32. The number of allylic oxidation sites excluding steroid dienone is 1. The molecule has 11 aliphatic rings. The maximum absolute atomic E-state index is 15.8. The molecule has 5 aliphatic carbocycles. The van der Waals surface area contributed by atoms with Crippen LogP contribution in [0.25, 0.3) is 0 Å². The van der Waals surface area contributed by atoms with Crippen molar-refractivity contribution >= 4 is 11.9 Å². The minimum absolute atomic E-state index is 0.0108. The average Bonchev–Trinajstić information content (AvgIpc) is 1.03. The molecule has 10 fully saturated rings. The average molecular weight is 1380 g/mol. The summed E-state index contributed by atoms with van der Waals surface area (Å²) in [6, 6.07) is -1.33. The van der Waals surface area contributed by atoms with E-state index in [1.165, 1.54) is 6.92 Å². The zero-order valence-corrected chi connectivity index (χ0v) is 55.4. The number of hydrogen-bond donors (Lipinski definition) is 18. The van der Waals surface area contributed by atoms with Gasteiger partial charge in [-0.25, -0.2) is 0 Å². The Morgan fingerprint density at radius 3 is 1.73 bits per heavy atom. The van der Waals surface area contributed by atoms with Crippen molar-refractivity contribution in [1.82, 2.24) is 5.32 Å². The van der Waals surface area contributed by atoms with Gasteiger partial charge in [0.1, 0.15) is 108 Å². The molecule has 11 rings (SSSR count). The second kappa shape index (κ2) is 27.3. The first-order valence-corrected chi connectivity index (χ1v) is 33.6. The summed E-state index contributed by atoms with van der Waals surface area (Å²) in [6.45, 7) is 10.3. The fourth-order valence-corrected chi connectivity index (χ4v) is 18.8. The molecule has 32 nitrogen and oxygen atoms in total. The SMILES string of the molecule is CC(=O)N[C@H]1[C@H](O[C@H]2CC[C@]3(C)[C@H]4CC=C5[C@@H]6CC(C)(C)CC[C@]6(C(=O)O[C@@H]6O[C@H](CO)[C@@H](O[C@H]7OC[C@](O)(CO)[C@H]7O)[C@H](O)[C@H]6O[C@@H]6OC[C@](O)(CO)[C@H]6O)[C@H](O)[C@H](O)[C@@]5(C)[C@]4(C)CC[C@H]3C2(C)C)O[C@H](CO[C@@H]2OC[C@H](O)[C@H](O)[C@H]2O)[C@@H](O)[C@@H]1O[C@@H]1OC[C@@H](O)[C@H](O)[C@H]1O. The molecule has 0 aromatic heterocycles. The lowest BCUT2D eigenvalue weighted by Crippen LogP contribution is -2.73. The largest absolute Gasteiger partial charge is 0.432 e. The molecular weight excluding hydrogens is 1280 g/mol. The van der Waals surface area contributed by atoms with Gasteiger partial charge in [-0.1, -0.05) is 60.1 Å². The third kappa shape index (κ3) is 12.4. The molecule has 1 amide bonds. The number of nitrogens with one attached hydrogen (secondary N) is 1. The monoisotopic (exact) mass is 1380 g/mol. The van der Waals surface area contributed by atoms with Crippen molar-refractivity contribution in [2.24, 2.45) is 50.2 Å². The predicted octanol–water partition coefficient (Wildman–Crippen LogP) is -5.74. The molecule has 550 valence electrons. The van der Waals surface area contributed by atoms with Crippen LogP contribution in [-0.2, 0) is 66.4 Å². The zero-order chi connectivity index (χ0) is 70.1. The van der Waals surface area contributed by atoms with Crippen LogP contribution in [0.15, 0.2) is 11.6 Å². The Balaban J connectivity index is 0.872. The van der Waals surface area contributed by atoms with E-state index in [2.05, 4.69) is 39.1 Å². The van der Waals surface area contributed by atoms with Crippen LogP contribution in [-0.4, -0.2) is 316 Å². The summed E-state index contributed by atoms with van der Waals surface area (Å²) in [7, 11) is 0. The maximum Gasteiger partial charge on any atom is 0.317 e. The highest BCUT2D eigenvalue weighted by molar-refractivity contribution is 5.80. The number of carbonyl (C=O) groups excluding carboxylic acids is 2. The van der Waals surface area contributed by atoms with Crippen molar-refractivity contribution in [3.63, 3.8) is 0 Å². The molecule has 6 heterocycles. The molecule has 0 bridgehead atoms. The van der Waals surface area contributed by atoms with E-state index in [0.717, 1.165) is 5.57 Å². The van der Waals surface area contributed by atoms with Crippen LogP contribution < -0.4 is 5.32 Å². The van der Waals surface area contributed by atoms with Gasteiger partial charge in [0.2, 0.25) is 12.2 Å². The van der Waals surface area contributed by atoms with Crippen LogP contribution >= 0.6 is 0 Å². The lowest BCUT2D eigenvalue weighted by molar-refractivity contribution is -0.351. The van der Waals surface area contributed by atoms with E-state index < -0.39 is 268 Å². The zero-order valence-electron chi connectivity index (χ0n) is 55.4. The van der Waals surface area contributed by atoms with Gasteiger partial charge in [-0.15, -0.1) is 0 Å². The van der Waals surface area contributed by atoms with E-state index in [4.69, 9.17) is 56.8 Å². The third-order valence-electron chi connectivity index (χ3n) is 24.8. The summed E-state index contributed by atoms with van der Waals surface area (Å²) in [4.78, 5) is 28.9. The van der Waals surface area contributed by atoms with Crippen molar-refractivity contribution in [2.45, 2.75) is 272 Å². The Labute approximate surface area is 555 Å². The van der Waals surface area contributed by atoms with Gasteiger partial charge < -0.3 is 149 Å². The normalized spacial score (nSPS) is 53.0. The van der Waals surface area contributed by atoms with Crippen LogP contribution in [0.1, 0.15) is 107 Å². The molecule has 0 aromatic rings. The van der Waals surface area contributed by atoms with Crippen LogP contribution in [0.3, 0.4) is 0 Å². The molecule has 18 N–H and O–H groups in total. The van der Waals surface area contributed by atoms with Crippen molar-refractivity contribution in [1.29, 1.82) is 0 Å². The van der Waals surface area contributed by atoms with Crippen molar-refractivity contribution in [3.05, 3.63) is 11.6 Å². The first-order valence-electron chi connectivity index (χ1n) is 33.6. The van der Waals surface area contributed by atoms with Gasteiger partial charge >= 0.3 is 5.97 Å². The summed E-state index contributed by atoms with van der Waals surface area (Å²) in [5.41, 5.74) is -9.24. The highest BCUT2D eigenvalue weighted by Gasteiger charge is 2.75. The molecule has 6 aliphatic heterocycles. The second-order valence-electron chi connectivity index (χ2n) is 31.3. The summed E-state index contributed by atoms with van der Waals surface area (Å²) in [5.74, 6) is -2.75. The van der Waals surface area contributed by atoms with Gasteiger partial charge in [-0.05, 0) is 90.8 Å². The molecule has 0 radical (unpaired) electrons. The number of aliphatic hydroxyl groups excluding tert-OH is 15. The molecule has 6 saturated heterocycles. The molecule has 96 heavy (non-hydrogen) atoms. The van der Waals surface area contributed by atoms with Gasteiger partial charge in [0.25, 0.3) is 0 Å². The van der Waals surface area contributed by atoms with Crippen LogP contribution in [0.5, 0.6) is 0 Å². The van der Waals surface area contributed by atoms with Gasteiger partial charge in [0, 0.05) is 12.3 Å². The second-order valence-corrected chi connectivity index (χ2v) is 31.3. The minimum Gasteiger partial charge on any atom is -0.432 e. The highest BCUT2D eigenvalue weighted by Crippen LogP contribution is 2.76. The van der Waals surface area contributed by atoms with Crippen molar-refractivity contribution in [2.75, 3.05) is 52.9 Å². The molecule has 32 heteroatoms. The predicted molar refractivity (Wildman–Crippen MR) is 318 cm³/mol. The Bertz CT molecular complexity index is 2790. The van der Waals surface area contributed by atoms with E-state index >= 15 is 4.79 Å². The molecular formula is C64H103NO31. The van der Waals surface area contributed by atoms with Crippen molar-refractivity contribution < 1.29 is 153 Å². The molecule has 0 unspecified atom stereocenters. The number of hydrogen-bond acceptors (Lipinski definition) is 31. The van der Waals surface area contributed by atoms with E-state index in [-0.39, 0.29) is 18.3 Å². The topological polar surface area (TPSA) is 501 Å². The molecule has 34 atom stereocenters. The van der Waals surface area contributed by atoms with Crippen LogP contribution in [0, 0.1) is 50.2 Å². The van der Waals surface area contributed by atoms with E-state index in [0.29, 0.717) is 44.9 Å². The van der Waals surface area contributed by atoms with Crippen molar-refractivity contribution in [3.8, 4) is 0 Å². The Morgan fingerprint density at radius 2 is 1.15 bits per heavy atom. The van der Waals surface area contributed by atoms with Gasteiger partial charge in [0.15, 0.2) is 37.6 Å². The fraction of sp³-hybridized carbons (Fsp3) is 0.938. The third-order valence-corrected chi connectivity index (χ3v) is 24.8. The summed E-state index contributed by atoms with van der Waals surface area (Å²) in [5, 5.41) is 191. The quantitative estimate of drug-likeness (QED) is 0.0367. The summed E-state index contributed by atoms with van der Waals surface area (Å²) < 4.78 is 72.3. The lowest BCUT2D eigenvalue weighted by Gasteiger charge is -2.72. The number of aliphatic hydroxyl groups is 17. The summed E-state index contributed by atoms with van der Waals surface area (Å²) in [6.07, 6.45) is -34.5. The number of amides is 1. The van der Waals surface area contributed by atoms with E-state index in [1.54, 1.807) is 0 Å². The van der Waals surface area contributed by atoms with E-state index in [1.807, 2.05) is 20.8 Å². The van der Waals surface area contributed by atoms with Gasteiger partial charge in [-0.3, -0.25) is 9.59 Å². The maximum atomic E-state index is 15.8. The Hall–Kier alpha value is -2.44. The minimum atomic E-state index is -2.24. The standard InChI is InChI=1S/C64H103NO31/c1-26(69)65-36-44(94-52-41(76)38(73)30(71)20-86-52)39(74)32(21-87-51-40(75)37(72)29(70)19-85-51)91-50(36)92-35-12-13-59(6)33(58(35,4)5)11-14-60(7)34(59)10-9-27-28-17-57(2,3)15-16-64(28,47(79)46(78)61(27,60)8)56(82)96-53-45(95-55-49(81)63(84,23-68)25-89-55)42(77)43(31(18-66)90-53)93-54-48(80)62(83,22-67)24-88-54/h9,28-55,66-68,70-81,83-84H,10-25H2,1-8H3,(H,65,69)/t28-,29-,30+,31+,32+,33-,34+,35-,36+,37-,38-,39+,40+,41+,42-,43+,44+,45+,46-,47+,48-,49-,50-,51-,52-,53-,54+,55-,59-,60+,61-,62+,63+,64+/m0/s1. The number of ether oxygens (including phenoxy) is 12. The Morgan fingerprint density at radius 1 is 0.573 bits per heavy atom. The number of carbonyl (C=O) groups is 2. The van der Waals surface area contributed by atoms with Crippen LogP contribution in [0.2, 0.25) is 0 Å². The first-order chi connectivity index (χ1) is 44.9. The number of rotatable bonds is 17. The van der Waals surface area contributed by atoms with Crippen LogP contribution in [0.4, 0.5) is 0 Å². The molecule has 4 saturated carbocycles. The number of esters is 1. The molecule has 0 aromatic carbocycles. The first kappa shape index (κ1) is 74.7. The molecule has 0 spiro atoms. The fourth-order valence-electron chi connectivity index (χ4n) is 18.8. The van der Waals surface area contributed by atoms with Gasteiger partial charge in [0.05, 0.1) is 71.2 Å². The van der Waals surface area contributed by atoms with Gasteiger partial charge in [-0.2, -0.15) is 0 Å².